The Bertz CT molecular complexity index is 848. The van der Waals surface area contributed by atoms with Gasteiger partial charge in [-0.25, -0.2) is 4.98 Å². The number of rotatable bonds is 6. The van der Waals surface area contributed by atoms with E-state index in [4.69, 9.17) is 10.5 Å². The summed E-state index contributed by atoms with van der Waals surface area (Å²) in [7, 11) is 0. The molecule has 5 nitrogen and oxygen atoms in total. The van der Waals surface area contributed by atoms with E-state index in [1.54, 1.807) is 0 Å². The van der Waals surface area contributed by atoms with E-state index in [9.17, 15) is 0 Å². The first-order valence-electron chi connectivity index (χ1n) is 8.12. The summed E-state index contributed by atoms with van der Waals surface area (Å²) >= 11 is 0. The van der Waals surface area contributed by atoms with E-state index in [0.717, 1.165) is 11.3 Å². The molecule has 2 aromatic carbocycles. The van der Waals surface area contributed by atoms with Crippen LogP contribution in [0.25, 0.3) is 12.2 Å². The molecule has 1 aromatic heterocycles. The van der Waals surface area contributed by atoms with Gasteiger partial charge in [-0.05, 0) is 30.7 Å². The summed E-state index contributed by atoms with van der Waals surface area (Å²) in [5, 5.41) is 3.22. The molecule has 1 heterocycles. The number of aromatic nitrogens is 2. The van der Waals surface area contributed by atoms with Gasteiger partial charge in [-0.1, -0.05) is 54.6 Å². The second-order valence-electron chi connectivity index (χ2n) is 5.32. The number of nitrogens with zero attached hydrogens (tertiary/aromatic N) is 2. The first kappa shape index (κ1) is 16.5. The van der Waals surface area contributed by atoms with Crippen LogP contribution in [0.1, 0.15) is 18.3 Å². The maximum Gasteiger partial charge on any atom is 0.243 e. The smallest absolute Gasteiger partial charge is 0.243 e. The van der Waals surface area contributed by atoms with Gasteiger partial charge in [0.15, 0.2) is 11.6 Å². The number of hydrogen-bond donors (Lipinski definition) is 2. The van der Waals surface area contributed by atoms with Crippen molar-refractivity contribution in [2.45, 2.75) is 6.92 Å². The average molecular weight is 332 g/mol. The fourth-order valence-electron chi connectivity index (χ4n) is 2.28. The van der Waals surface area contributed by atoms with Crippen molar-refractivity contribution in [1.29, 1.82) is 0 Å². The predicted molar refractivity (Wildman–Crippen MR) is 103 cm³/mol. The molecule has 0 aliphatic heterocycles. The first-order chi connectivity index (χ1) is 12.3. The van der Waals surface area contributed by atoms with Gasteiger partial charge in [0.2, 0.25) is 5.88 Å². The van der Waals surface area contributed by atoms with Crippen molar-refractivity contribution in [1.82, 2.24) is 9.97 Å². The molecule has 5 heteroatoms. The standard InChI is InChI=1S/C20H20N4O/c1-2-25-20-18(21)19(22-16-11-7-4-8-12-16)23-17(24-20)14-13-15-9-5-3-6-10-15/h3-14H,2,21H2,1H3,(H,22,23,24)/b14-13+. The van der Waals surface area contributed by atoms with Gasteiger partial charge in [-0.2, -0.15) is 4.98 Å². The van der Waals surface area contributed by atoms with E-state index < -0.39 is 0 Å². The van der Waals surface area contributed by atoms with E-state index >= 15 is 0 Å². The molecule has 0 amide bonds. The molecule has 3 N–H and O–H groups in total. The van der Waals surface area contributed by atoms with E-state index in [-0.39, 0.29) is 0 Å². The van der Waals surface area contributed by atoms with Crippen LogP contribution in [0.5, 0.6) is 5.88 Å². The summed E-state index contributed by atoms with van der Waals surface area (Å²) in [6.07, 6.45) is 3.79. The maximum absolute atomic E-state index is 6.16. The Morgan fingerprint density at radius 2 is 1.64 bits per heavy atom. The third-order valence-corrected chi connectivity index (χ3v) is 3.47. The fourth-order valence-corrected chi connectivity index (χ4v) is 2.28. The van der Waals surface area contributed by atoms with Crippen LogP contribution < -0.4 is 15.8 Å². The van der Waals surface area contributed by atoms with Crippen molar-refractivity contribution in [2.24, 2.45) is 0 Å². The first-order valence-corrected chi connectivity index (χ1v) is 8.12. The molecule has 126 valence electrons. The lowest BCUT2D eigenvalue weighted by Crippen LogP contribution is -2.07. The number of nitrogen functional groups attached to an aromatic ring is 1. The average Bonchev–Trinajstić information content (AvgIpc) is 2.65. The van der Waals surface area contributed by atoms with Gasteiger partial charge in [0, 0.05) is 5.69 Å². The SMILES string of the molecule is CCOc1nc(/C=C/c2ccccc2)nc(Nc2ccccc2)c1N. The lowest BCUT2D eigenvalue weighted by molar-refractivity contribution is 0.328. The Kier molecular flexibility index (Phi) is 5.26. The Morgan fingerprint density at radius 3 is 2.32 bits per heavy atom. The number of anilines is 3. The summed E-state index contributed by atoms with van der Waals surface area (Å²) in [5.41, 5.74) is 8.51. The molecule has 0 unspecified atom stereocenters. The summed E-state index contributed by atoms with van der Waals surface area (Å²) in [6, 6.07) is 19.7. The zero-order chi connectivity index (χ0) is 17.5. The summed E-state index contributed by atoms with van der Waals surface area (Å²) < 4.78 is 5.56. The van der Waals surface area contributed by atoms with Crippen molar-refractivity contribution < 1.29 is 4.74 Å². The zero-order valence-corrected chi connectivity index (χ0v) is 14.0. The molecule has 0 spiro atoms. The van der Waals surface area contributed by atoms with E-state index in [0.29, 0.717) is 29.8 Å². The number of nitrogens with one attached hydrogen (secondary N) is 1. The van der Waals surface area contributed by atoms with Gasteiger partial charge < -0.3 is 15.8 Å². The van der Waals surface area contributed by atoms with Gasteiger partial charge in [-0.3, -0.25) is 0 Å². The molecule has 0 aliphatic carbocycles. The zero-order valence-electron chi connectivity index (χ0n) is 14.0. The Balaban J connectivity index is 1.94. The highest BCUT2D eigenvalue weighted by Gasteiger charge is 2.12. The molecule has 0 fully saturated rings. The van der Waals surface area contributed by atoms with Crippen LogP contribution in [0.2, 0.25) is 0 Å². The number of ether oxygens (including phenoxy) is 1. The molecule has 0 bridgehead atoms. The van der Waals surface area contributed by atoms with E-state index in [2.05, 4.69) is 15.3 Å². The van der Waals surface area contributed by atoms with Gasteiger partial charge in [0.25, 0.3) is 0 Å². The van der Waals surface area contributed by atoms with Crippen LogP contribution in [0.4, 0.5) is 17.2 Å². The van der Waals surface area contributed by atoms with Crippen molar-refractivity contribution >= 4 is 29.3 Å². The second-order valence-corrected chi connectivity index (χ2v) is 5.32. The van der Waals surface area contributed by atoms with Crippen LogP contribution in [0, 0.1) is 0 Å². The maximum atomic E-state index is 6.16. The largest absolute Gasteiger partial charge is 0.476 e. The molecular weight excluding hydrogens is 312 g/mol. The quantitative estimate of drug-likeness (QED) is 0.701. The van der Waals surface area contributed by atoms with Gasteiger partial charge in [0.1, 0.15) is 5.69 Å². The molecule has 0 aliphatic rings. The Morgan fingerprint density at radius 1 is 0.960 bits per heavy atom. The molecule has 25 heavy (non-hydrogen) atoms. The van der Waals surface area contributed by atoms with Crippen LogP contribution in [-0.2, 0) is 0 Å². The lowest BCUT2D eigenvalue weighted by Gasteiger charge is -2.12. The van der Waals surface area contributed by atoms with Crippen molar-refractivity contribution in [2.75, 3.05) is 17.7 Å². The summed E-state index contributed by atoms with van der Waals surface area (Å²) in [5.74, 6) is 1.43. The highest BCUT2D eigenvalue weighted by molar-refractivity contribution is 5.75. The van der Waals surface area contributed by atoms with Crippen LogP contribution in [-0.4, -0.2) is 16.6 Å². The molecule has 0 saturated heterocycles. The normalized spacial score (nSPS) is 10.8. The topological polar surface area (TPSA) is 73.1 Å². The van der Waals surface area contributed by atoms with Crippen LogP contribution >= 0.6 is 0 Å². The summed E-state index contributed by atoms with van der Waals surface area (Å²) in [6.45, 7) is 2.37. The number of benzene rings is 2. The molecule has 3 aromatic rings. The van der Waals surface area contributed by atoms with Crippen molar-refractivity contribution in [3.8, 4) is 5.88 Å². The fraction of sp³-hybridized carbons (Fsp3) is 0.100. The molecule has 0 atom stereocenters. The number of hydrogen-bond acceptors (Lipinski definition) is 5. The molecule has 0 saturated carbocycles. The highest BCUT2D eigenvalue weighted by atomic mass is 16.5. The molecule has 3 rings (SSSR count). The van der Waals surface area contributed by atoms with Gasteiger partial charge in [0.05, 0.1) is 6.61 Å². The number of nitrogens with two attached hydrogens (primary N) is 1. The Hall–Kier alpha value is -3.34. The summed E-state index contributed by atoms with van der Waals surface area (Å²) in [4.78, 5) is 8.91. The highest BCUT2D eigenvalue weighted by Crippen LogP contribution is 2.29. The lowest BCUT2D eigenvalue weighted by atomic mass is 10.2. The molecule has 0 radical (unpaired) electrons. The monoisotopic (exact) mass is 332 g/mol. The van der Waals surface area contributed by atoms with Gasteiger partial charge in [-0.15, -0.1) is 0 Å². The van der Waals surface area contributed by atoms with Gasteiger partial charge >= 0.3 is 0 Å². The van der Waals surface area contributed by atoms with Crippen LogP contribution in [0.3, 0.4) is 0 Å². The second kappa shape index (κ2) is 7.97. The Labute approximate surface area is 147 Å². The van der Waals surface area contributed by atoms with Crippen LogP contribution in [0.15, 0.2) is 60.7 Å². The third kappa shape index (κ3) is 4.35. The molecular formula is C20H20N4O. The van der Waals surface area contributed by atoms with Crippen molar-refractivity contribution in [3.05, 3.63) is 72.1 Å². The van der Waals surface area contributed by atoms with Crippen molar-refractivity contribution in [3.63, 3.8) is 0 Å². The predicted octanol–water partition coefficient (Wildman–Crippen LogP) is 4.37. The minimum absolute atomic E-state index is 0.378. The number of para-hydroxylation sites is 1. The third-order valence-electron chi connectivity index (χ3n) is 3.47. The minimum atomic E-state index is 0.378. The van der Waals surface area contributed by atoms with E-state index in [1.807, 2.05) is 79.7 Å². The minimum Gasteiger partial charge on any atom is -0.476 e. The van der Waals surface area contributed by atoms with E-state index in [1.165, 1.54) is 0 Å².